The lowest BCUT2D eigenvalue weighted by atomic mass is 10.1. The Morgan fingerprint density at radius 3 is 2.65 bits per heavy atom. The van der Waals surface area contributed by atoms with Gasteiger partial charge < -0.3 is 9.84 Å². The van der Waals surface area contributed by atoms with E-state index in [1.54, 1.807) is 24.4 Å². The van der Waals surface area contributed by atoms with Gasteiger partial charge in [0.15, 0.2) is 11.5 Å². The molecule has 0 spiro atoms. The topological polar surface area (TPSA) is 41.8 Å². The molecule has 3 nitrogen and oxygen atoms in total. The normalized spacial score (nSPS) is 10.9. The molecule has 0 radical (unpaired) electrons. The van der Waals surface area contributed by atoms with Gasteiger partial charge in [-0.25, -0.2) is 0 Å². The van der Waals surface area contributed by atoms with E-state index in [2.05, 4.69) is 4.99 Å². The summed E-state index contributed by atoms with van der Waals surface area (Å²) >= 11 is 5.83. The molecule has 4 heteroatoms. The quantitative estimate of drug-likeness (QED) is 0.853. The molecule has 0 bridgehead atoms. The Balaban J connectivity index is 1.91. The van der Waals surface area contributed by atoms with Crippen LogP contribution in [-0.2, 0) is 6.42 Å². The van der Waals surface area contributed by atoms with Gasteiger partial charge in [0, 0.05) is 17.8 Å². The van der Waals surface area contributed by atoms with Crippen molar-refractivity contribution in [3.8, 4) is 11.5 Å². The maximum atomic E-state index is 9.50. The average molecular weight is 290 g/mol. The minimum Gasteiger partial charge on any atom is -0.504 e. The van der Waals surface area contributed by atoms with Crippen LogP contribution in [0.1, 0.15) is 11.1 Å². The molecular weight excluding hydrogens is 274 g/mol. The smallest absolute Gasteiger partial charge is 0.161 e. The summed E-state index contributed by atoms with van der Waals surface area (Å²) in [4.78, 5) is 4.37. The lowest BCUT2D eigenvalue weighted by Gasteiger charge is -2.03. The molecule has 0 aromatic heterocycles. The predicted octanol–water partition coefficient (Wildman–Crippen LogP) is 3.72. The van der Waals surface area contributed by atoms with Crippen LogP contribution >= 0.6 is 11.6 Å². The monoisotopic (exact) mass is 289 g/mol. The van der Waals surface area contributed by atoms with E-state index in [-0.39, 0.29) is 5.75 Å². The molecule has 0 saturated carbocycles. The lowest BCUT2D eigenvalue weighted by molar-refractivity contribution is 0.373. The highest BCUT2D eigenvalue weighted by molar-refractivity contribution is 6.30. The highest BCUT2D eigenvalue weighted by Gasteiger charge is 2.00. The first-order valence-corrected chi connectivity index (χ1v) is 6.68. The SMILES string of the molecule is COc1cc(C=NCCc2ccc(Cl)cc2)ccc1O. The molecule has 2 aromatic carbocycles. The van der Waals surface area contributed by atoms with Gasteiger partial charge in [0.1, 0.15) is 0 Å². The molecule has 0 aliphatic heterocycles. The largest absolute Gasteiger partial charge is 0.504 e. The zero-order chi connectivity index (χ0) is 14.4. The first-order chi connectivity index (χ1) is 9.69. The third-order valence-corrected chi connectivity index (χ3v) is 3.14. The predicted molar refractivity (Wildman–Crippen MR) is 82.3 cm³/mol. The van der Waals surface area contributed by atoms with Crippen molar-refractivity contribution in [1.82, 2.24) is 0 Å². The van der Waals surface area contributed by atoms with Crippen LogP contribution in [0, 0.1) is 0 Å². The van der Waals surface area contributed by atoms with Gasteiger partial charge in [-0.3, -0.25) is 4.99 Å². The lowest BCUT2D eigenvalue weighted by Crippen LogP contribution is -1.91. The van der Waals surface area contributed by atoms with Gasteiger partial charge in [0.05, 0.1) is 7.11 Å². The Kier molecular flexibility index (Phi) is 5.02. The summed E-state index contributed by atoms with van der Waals surface area (Å²) in [6.07, 6.45) is 2.64. The highest BCUT2D eigenvalue weighted by Crippen LogP contribution is 2.25. The molecule has 0 aliphatic rings. The van der Waals surface area contributed by atoms with Crippen LogP contribution in [-0.4, -0.2) is 25.0 Å². The minimum absolute atomic E-state index is 0.130. The second-order valence-electron chi connectivity index (χ2n) is 4.34. The van der Waals surface area contributed by atoms with Crippen LogP contribution < -0.4 is 4.74 Å². The fourth-order valence-corrected chi connectivity index (χ4v) is 1.92. The van der Waals surface area contributed by atoms with E-state index >= 15 is 0 Å². The van der Waals surface area contributed by atoms with Crippen molar-refractivity contribution in [3.63, 3.8) is 0 Å². The van der Waals surface area contributed by atoms with Crippen LogP contribution in [0.4, 0.5) is 0 Å². The molecule has 20 heavy (non-hydrogen) atoms. The third kappa shape index (κ3) is 4.00. The molecule has 0 saturated heterocycles. The van der Waals surface area contributed by atoms with E-state index in [9.17, 15) is 5.11 Å². The standard InChI is InChI=1S/C16H16ClNO2/c1-20-16-10-13(4-7-15(16)19)11-18-9-8-12-2-5-14(17)6-3-12/h2-7,10-11,19H,8-9H2,1H3. The Bertz CT molecular complexity index is 594. The summed E-state index contributed by atoms with van der Waals surface area (Å²) in [7, 11) is 1.52. The summed E-state index contributed by atoms with van der Waals surface area (Å²) in [6, 6.07) is 12.9. The van der Waals surface area contributed by atoms with Crippen LogP contribution in [0.25, 0.3) is 0 Å². The molecule has 0 unspecified atom stereocenters. The Morgan fingerprint density at radius 2 is 1.95 bits per heavy atom. The van der Waals surface area contributed by atoms with Crippen molar-refractivity contribution >= 4 is 17.8 Å². The number of methoxy groups -OCH3 is 1. The second kappa shape index (κ2) is 6.96. The zero-order valence-corrected chi connectivity index (χ0v) is 12.0. The Morgan fingerprint density at radius 1 is 1.20 bits per heavy atom. The van der Waals surface area contributed by atoms with Gasteiger partial charge in [-0.05, 0) is 47.9 Å². The summed E-state index contributed by atoms with van der Waals surface area (Å²) in [5.41, 5.74) is 2.10. The van der Waals surface area contributed by atoms with Gasteiger partial charge in [0.2, 0.25) is 0 Å². The van der Waals surface area contributed by atoms with Crippen LogP contribution in [0.2, 0.25) is 5.02 Å². The molecule has 0 aliphatic carbocycles. The van der Waals surface area contributed by atoms with E-state index in [4.69, 9.17) is 16.3 Å². The molecule has 0 fully saturated rings. The van der Waals surface area contributed by atoms with Gasteiger partial charge in [-0.1, -0.05) is 23.7 Å². The Hall–Kier alpha value is -2.00. The van der Waals surface area contributed by atoms with Gasteiger partial charge in [-0.15, -0.1) is 0 Å². The first kappa shape index (κ1) is 14.4. The number of aliphatic imine (C=N–C) groups is 1. The van der Waals surface area contributed by atoms with Crippen molar-refractivity contribution in [2.24, 2.45) is 4.99 Å². The fourth-order valence-electron chi connectivity index (χ4n) is 1.79. The number of ether oxygens (including phenoxy) is 1. The fraction of sp³-hybridized carbons (Fsp3) is 0.188. The third-order valence-electron chi connectivity index (χ3n) is 2.89. The van der Waals surface area contributed by atoms with Gasteiger partial charge in [-0.2, -0.15) is 0 Å². The van der Waals surface area contributed by atoms with E-state index in [0.29, 0.717) is 12.3 Å². The molecule has 1 N–H and O–H groups in total. The van der Waals surface area contributed by atoms with Crippen LogP contribution in [0.15, 0.2) is 47.5 Å². The van der Waals surface area contributed by atoms with Crippen molar-refractivity contribution in [3.05, 3.63) is 58.6 Å². The average Bonchev–Trinajstić information content (AvgIpc) is 2.47. The minimum atomic E-state index is 0.130. The van der Waals surface area contributed by atoms with Crippen molar-refractivity contribution in [1.29, 1.82) is 0 Å². The van der Waals surface area contributed by atoms with Crippen molar-refractivity contribution < 1.29 is 9.84 Å². The van der Waals surface area contributed by atoms with E-state index in [1.165, 1.54) is 12.7 Å². The Labute approximate surface area is 123 Å². The summed E-state index contributed by atoms with van der Waals surface area (Å²) in [6.45, 7) is 0.699. The van der Waals surface area contributed by atoms with E-state index < -0.39 is 0 Å². The number of rotatable bonds is 5. The first-order valence-electron chi connectivity index (χ1n) is 6.30. The van der Waals surface area contributed by atoms with Gasteiger partial charge in [0.25, 0.3) is 0 Å². The van der Waals surface area contributed by atoms with Crippen molar-refractivity contribution in [2.75, 3.05) is 13.7 Å². The number of phenols is 1. The molecule has 104 valence electrons. The zero-order valence-electron chi connectivity index (χ0n) is 11.2. The maximum absolute atomic E-state index is 9.50. The summed E-state index contributed by atoms with van der Waals surface area (Å²) < 4.78 is 5.05. The number of halogens is 1. The molecule has 0 heterocycles. The number of hydrogen-bond donors (Lipinski definition) is 1. The number of aromatic hydroxyl groups is 1. The molecule has 2 rings (SSSR count). The van der Waals surface area contributed by atoms with Crippen LogP contribution in [0.3, 0.4) is 0 Å². The molecule has 0 atom stereocenters. The number of phenolic OH excluding ortho intramolecular Hbond substituents is 1. The number of benzene rings is 2. The molecular formula is C16H16ClNO2. The highest BCUT2D eigenvalue weighted by atomic mass is 35.5. The summed E-state index contributed by atoms with van der Waals surface area (Å²) in [5.74, 6) is 0.581. The van der Waals surface area contributed by atoms with Gasteiger partial charge >= 0.3 is 0 Å². The van der Waals surface area contributed by atoms with E-state index in [0.717, 1.165) is 17.0 Å². The number of hydrogen-bond acceptors (Lipinski definition) is 3. The van der Waals surface area contributed by atoms with Crippen molar-refractivity contribution in [2.45, 2.75) is 6.42 Å². The molecule has 2 aromatic rings. The summed E-state index contributed by atoms with van der Waals surface area (Å²) in [5, 5.41) is 10.2. The van der Waals surface area contributed by atoms with E-state index in [1.807, 2.05) is 24.3 Å². The van der Waals surface area contributed by atoms with Crippen LogP contribution in [0.5, 0.6) is 11.5 Å². The molecule has 0 amide bonds. The maximum Gasteiger partial charge on any atom is 0.161 e. The number of nitrogens with zero attached hydrogens (tertiary/aromatic N) is 1. The second-order valence-corrected chi connectivity index (χ2v) is 4.78.